The fraction of sp³-hybridized carbons (Fsp3) is 0.640. The Morgan fingerprint density at radius 2 is 1.19 bits per heavy atom. The summed E-state index contributed by atoms with van der Waals surface area (Å²) < 4.78 is 0. The van der Waals surface area contributed by atoms with Crippen molar-refractivity contribution in [1.82, 2.24) is 0 Å². The van der Waals surface area contributed by atoms with Gasteiger partial charge in [-0.15, -0.1) is 0 Å². The highest BCUT2D eigenvalue weighted by molar-refractivity contribution is 6.08. The van der Waals surface area contributed by atoms with Gasteiger partial charge in [0, 0.05) is 0 Å². The fourth-order valence-electron chi connectivity index (χ4n) is 4.12. The lowest BCUT2D eigenvalue weighted by Gasteiger charge is -2.17. The minimum absolute atomic E-state index is 0.00772. The molecule has 1 amide bonds. The van der Waals surface area contributed by atoms with Gasteiger partial charge in [0.1, 0.15) is 0 Å². The van der Waals surface area contributed by atoms with Gasteiger partial charge in [0.25, 0.3) is 0 Å². The standard InChI is InChI=1S/C25H39NO5/c1-3-5-7-9-11-13-15-18-17-20(24(28)29)19(16-14-12-10-8-6-4-2)22(23(26)27)21(18)25(30)31/h17H,3-16H2,1-2H3,(H2,26,27)(H,28,29)(H,30,31). The monoisotopic (exact) mass is 433 g/mol. The van der Waals surface area contributed by atoms with Crippen LogP contribution in [0.1, 0.15) is 133 Å². The van der Waals surface area contributed by atoms with Crippen LogP contribution in [-0.4, -0.2) is 28.1 Å². The number of hydrogen-bond donors (Lipinski definition) is 3. The Morgan fingerprint density at radius 3 is 1.65 bits per heavy atom. The van der Waals surface area contributed by atoms with E-state index < -0.39 is 17.8 Å². The number of carbonyl (C=O) groups is 3. The molecule has 0 atom stereocenters. The first-order chi connectivity index (χ1) is 14.8. The molecule has 0 aliphatic carbocycles. The summed E-state index contributed by atoms with van der Waals surface area (Å²) in [4.78, 5) is 36.3. The number of nitrogens with two attached hydrogens (primary N) is 1. The summed E-state index contributed by atoms with van der Waals surface area (Å²) in [5.74, 6) is -3.24. The van der Waals surface area contributed by atoms with Gasteiger partial charge < -0.3 is 15.9 Å². The van der Waals surface area contributed by atoms with Crippen LogP contribution in [0.2, 0.25) is 0 Å². The van der Waals surface area contributed by atoms with Gasteiger partial charge in [-0.3, -0.25) is 4.79 Å². The number of unbranched alkanes of at least 4 members (excludes halogenated alkanes) is 10. The molecule has 0 heterocycles. The number of carboxylic acid groups (broad SMARTS) is 2. The number of aromatic carboxylic acids is 2. The Labute approximate surface area is 186 Å². The fourth-order valence-corrected chi connectivity index (χ4v) is 4.12. The van der Waals surface area contributed by atoms with Crippen LogP contribution in [0, 0.1) is 0 Å². The summed E-state index contributed by atoms with van der Waals surface area (Å²) in [5, 5.41) is 19.6. The molecule has 0 bridgehead atoms. The summed E-state index contributed by atoms with van der Waals surface area (Å²) >= 11 is 0. The van der Waals surface area contributed by atoms with E-state index >= 15 is 0 Å². The SMILES string of the molecule is CCCCCCCCc1cc(C(=O)O)c(CCCCCCCC)c(C(N)=O)c1C(=O)O. The van der Waals surface area contributed by atoms with Crippen molar-refractivity contribution in [3.05, 3.63) is 33.9 Å². The van der Waals surface area contributed by atoms with Crippen LogP contribution in [-0.2, 0) is 12.8 Å². The van der Waals surface area contributed by atoms with E-state index in [1.165, 1.54) is 12.5 Å². The average molecular weight is 434 g/mol. The van der Waals surface area contributed by atoms with Crippen molar-refractivity contribution in [2.45, 2.75) is 104 Å². The van der Waals surface area contributed by atoms with E-state index in [0.29, 0.717) is 24.8 Å². The topological polar surface area (TPSA) is 118 Å². The summed E-state index contributed by atoms with van der Waals surface area (Å²) in [7, 11) is 0. The van der Waals surface area contributed by atoms with Crippen LogP contribution < -0.4 is 5.73 Å². The van der Waals surface area contributed by atoms with E-state index in [1.807, 2.05) is 0 Å². The van der Waals surface area contributed by atoms with Crippen molar-refractivity contribution < 1.29 is 24.6 Å². The number of carboxylic acids is 2. The number of primary amides is 1. The first-order valence-electron chi connectivity index (χ1n) is 11.8. The van der Waals surface area contributed by atoms with E-state index in [4.69, 9.17) is 5.73 Å². The van der Waals surface area contributed by atoms with Gasteiger partial charge in [-0.1, -0.05) is 78.1 Å². The number of amides is 1. The van der Waals surface area contributed by atoms with Crippen LogP contribution in [0.5, 0.6) is 0 Å². The molecular weight excluding hydrogens is 394 g/mol. The normalized spacial score (nSPS) is 10.9. The Balaban J connectivity index is 3.15. The van der Waals surface area contributed by atoms with Gasteiger partial charge >= 0.3 is 11.9 Å². The predicted molar refractivity (Wildman–Crippen MR) is 123 cm³/mol. The van der Waals surface area contributed by atoms with E-state index in [0.717, 1.165) is 64.2 Å². The lowest BCUT2D eigenvalue weighted by Crippen LogP contribution is -2.23. The third kappa shape index (κ3) is 8.72. The van der Waals surface area contributed by atoms with Crippen molar-refractivity contribution in [2.75, 3.05) is 0 Å². The molecule has 0 fully saturated rings. The van der Waals surface area contributed by atoms with Crippen molar-refractivity contribution in [1.29, 1.82) is 0 Å². The lowest BCUT2D eigenvalue weighted by atomic mass is 9.86. The summed E-state index contributed by atoms with van der Waals surface area (Å²) in [6, 6.07) is 1.46. The van der Waals surface area contributed by atoms with Gasteiger partial charge in [-0.25, -0.2) is 9.59 Å². The molecule has 0 aliphatic heterocycles. The molecule has 1 aromatic rings. The molecule has 0 aromatic heterocycles. The van der Waals surface area contributed by atoms with Gasteiger partial charge in [0.2, 0.25) is 5.91 Å². The van der Waals surface area contributed by atoms with Crippen molar-refractivity contribution in [3.63, 3.8) is 0 Å². The third-order valence-corrected chi connectivity index (χ3v) is 5.79. The van der Waals surface area contributed by atoms with E-state index in [-0.39, 0.29) is 22.3 Å². The highest BCUT2D eigenvalue weighted by Crippen LogP contribution is 2.28. The average Bonchev–Trinajstić information content (AvgIpc) is 2.72. The Kier molecular flexibility index (Phi) is 12.6. The highest BCUT2D eigenvalue weighted by atomic mass is 16.4. The largest absolute Gasteiger partial charge is 0.478 e. The molecule has 0 saturated heterocycles. The third-order valence-electron chi connectivity index (χ3n) is 5.79. The second-order valence-corrected chi connectivity index (χ2v) is 8.32. The first-order valence-corrected chi connectivity index (χ1v) is 11.8. The minimum atomic E-state index is -1.23. The lowest BCUT2D eigenvalue weighted by molar-refractivity contribution is 0.0676. The molecule has 0 unspecified atom stereocenters. The van der Waals surface area contributed by atoms with Crippen LogP contribution in [0.15, 0.2) is 6.07 Å². The molecule has 0 aliphatic rings. The van der Waals surface area contributed by atoms with Crippen LogP contribution >= 0.6 is 0 Å². The molecule has 6 heteroatoms. The zero-order valence-corrected chi connectivity index (χ0v) is 19.2. The summed E-state index contributed by atoms with van der Waals surface area (Å²) in [5.41, 5.74) is 5.99. The van der Waals surface area contributed by atoms with E-state index in [9.17, 15) is 24.6 Å². The predicted octanol–water partition coefficient (Wildman–Crippen LogP) is 5.99. The molecular formula is C25H39NO5. The van der Waals surface area contributed by atoms with Crippen molar-refractivity contribution >= 4 is 17.8 Å². The van der Waals surface area contributed by atoms with Crippen molar-refractivity contribution in [3.8, 4) is 0 Å². The maximum atomic E-state index is 12.3. The number of hydrogen-bond acceptors (Lipinski definition) is 3. The molecule has 0 radical (unpaired) electrons. The maximum absolute atomic E-state index is 12.3. The minimum Gasteiger partial charge on any atom is -0.478 e. The van der Waals surface area contributed by atoms with E-state index in [2.05, 4.69) is 13.8 Å². The second kappa shape index (κ2) is 14.6. The van der Waals surface area contributed by atoms with Gasteiger partial charge in [0.15, 0.2) is 0 Å². The quantitative estimate of drug-likeness (QED) is 0.261. The first kappa shape index (κ1) is 26.7. The van der Waals surface area contributed by atoms with Gasteiger partial charge in [-0.2, -0.15) is 0 Å². The highest BCUT2D eigenvalue weighted by Gasteiger charge is 2.27. The second-order valence-electron chi connectivity index (χ2n) is 8.32. The molecule has 1 aromatic carbocycles. The Hall–Kier alpha value is -2.37. The molecule has 1 rings (SSSR count). The Bertz CT molecular complexity index is 742. The van der Waals surface area contributed by atoms with Crippen LogP contribution in [0.4, 0.5) is 0 Å². The molecule has 0 saturated carbocycles. The molecule has 174 valence electrons. The molecule has 4 N–H and O–H groups in total. The summed E-state index contributed by atoms with van der Waals surface area (Å²) in [6.45, 7) is 4.28. The molecule has 6 nitrogen and oxygen atoms in total. The van der Waals surface area contributed by atoms with Crippen molar-refractivity contribution in [2.24, 2.45) is 5.73 Å². The molecule has 31 heavy (non-hydrogen) atoms. The van der Waals surface area contributed by atoms with Crippen LogP contribution in [0.25, 0.3) is 0 Å². The molecule has 0 spiro atoms. The number of aryl methyl sites for hydroxylation is 1. The summed E-state index contributed by atoms with van der Waals surface area (Å²) in [6.07, 6.45) is 13.0. The maximum Gasteiger partial charge on any atom is 0.336 e. The number of rotatable bonds is 17. The van der Waals surface area contributed by atoms with Gasteiger partial charge in [-0.05, 0) is 42.9 Å². The van der Waals surface area contributed by atoms with Crippen LogP contribution in [0.3, 0.4) is 0 Å². The zero-order chi connectivity index (χ0) is 23.2. The number of benzene rings is 1. The number of carbonyl (C=O) groups excluding carboxylic acids is 1. The smallest absolute Gasteiger partial charge is 0.336 e. The zero-order valence-electron chi connectivity index (χ0n) is 19.2. The van der Waals surface area contributed by atoms with E-state index in [1.54, 1.807) is 0 Å². The Morgan fingerprint density at radius 1 is 0.710 bits per heavy atom. The van der Waals surface area contributed by atoms with Gasteiger partial charge in [0.05, 0.1) is 16.7 Å².